The summed E-state index contributed by atoms with van der Waals surface area (Å²) in [5.74, 6) is -0.554. The van der Waals surface area contributed by atoms with Crippen LogP contribution in [0, 0.1) is 0 Å². The van der Waals surface area contributed by atoms with E-state index in [1.54, 1.807) is 24.3 Å². The van der Waals surface area contributed by atoms with Crippen LogP contribution in [0.3, 0.4) is 0 Å². The van der Waals surface area contributed by atoms with Gasteiger partial charge in [0.2, 0.25) is 0 Å². The molecule has 5 rings (SSSR count). The number of rotatable bonds is 6. The third-order valence-electron chi connectivity index (χ3n) is 6.91. The van der Waals surface area contributed by atoms with Gasteiger partial charge in [0, 0.05) is 22.4 Å². The van der Waals surface area contributed by atoms with Gasteiger partial charge in [-0.05, 0) is 37.6 Å². The number of aliphatic imine (C=N–C) groups is 2. The van der Waals surface area contributed by atoms with Crippen molar-refractivity contribution in [1.29, 1.82) is 0 Å². The fourth-order valence-corrected chi connectivity index (χ4v) is 5.43. The number of amides is 2. The maximum absolute atomic E-state index is 14.4. The maximum atomic E-state index is 14.4. The van der Waals surface area contributed by atoms with Gasteiger partial charge in [0.15, 0.2) is 11.3 Å². The van der Waals surface area contributed by atoms with Crippen LogP contribution in [0.5, 0.6) is 0 Å². The van der Waals surface area contributed by atoms with E-state index in [0.29, 0.717) is 17.1 Å². The minimum Gasteiger partial charge on any atom is -0.354 e. The molecule has 6 nitrogen and oxygen atoms in total. The van der Waals surface area contributed by atoms with Crippen molar-refractivity contribution in [3.63, 3.8) is 0 Å². The average molecular weight is 547 g/mol. The number of hydrogen-bond donors (Lipinski definition) is 1. The summed E-state index contributed by atoms with van der Waals surface area (Å²) in [5.41, 5.74) is 5.16. The van der Waals surface area contributed by atoms with Gasteiger partial charge in [0.1, 0.15) is 0 Å². The Bertz CT molecular complexity index is 1490. The third-order valence-corrected chi connectivity index (χ3v) is 7.51. The summed E-state index contributed by atoms with van der Waals surface area (Å²) in [7, 11) is 0. The first-order chi connectivity index (χ1) is 19.5. The largest absolute Gasteiger partial charge is 0.354 e. The normalized spacial score (nSPS) is 17.2. The Morgan fingerprint density at radius 2 is 1.60 bits per heavy atom. The molecule has 0 aromatic heterocycles. The molecular weight excluding hydrogens is 515 g/mol. The molecule has 1 unspecified atom stereocenters. The van der Waals surface area contributed by atoms with Crippen LogP contribution in [0.4, 0.5) is 0 Å². The lowest BCUT2D eigenvalue weighted by Crippen LogP contribution is -2.51. The Morgan fingerprint density at radius 3 is 2.27 bits per heavy atom. The lowest BCUT2D eigenvalue weighted by molar-refractivity contribution is -0.127. The number of thioether (sulfide) groups is 1. The molecule has 3 aromatic carbocycles. The second kappa shape index (κ2) is 12.8. The summed E-state index contributed by atoms with van der Waals surface area (Å²) in [4.78, 5) is 38.4. The number of allylic oxidation sites excluding steroid dienone is 3. The number of amidine groups is 1. The van der Waals surface area contributed by atoms with Crippen molar-refractivity contribution in [3.05, 3.63) is 131 Å². The highest BCUT2D eigenvalue weighted by Crippen LogP contribution is 2.31. The van der Waals surface area contributed by atoms with Crippen LogP contribution in [0.1, 0.15) is 34.3 Å². The summed E-state index contributed by atoms with van der Waals surface area (Å²) in [6.07, 6.45) is 7.62. The highest BCUT2D eigenvalue weighted by molar-refractivity contribution is 8.13. The van der Waals surface area contributed by atoms with Crippen molar-refractivity contribution in [1.82, 2.24) is 10.1 Å². The fraction of sp³-hybridized carbons (Fsp3) is 0.188. The quantitative estimate of drug-likeness (QED) is 0.241. The van der Waals surface area contributed by atoms with Crippen LogP contribution in [0.15, 0.2) is 124 Å². The van der Waals surface area contributed by atoms with Crippen LogP contribution < -0.4 is 5.32 Å². The van der Waals surface area contributed by atoms with E-state index < -0.39 is 6.17 Å². The van der Waals surface area contributed by atoms with Gasteiger partial charge in [-0.25, -0.2) is 4.99 Å². The van der Waals surface area contributed by atoms with Crippen LogP contribution >= 0.6 is 11.8 Å². The monoisotopic (exact) mass is 546 g/mol. The van der Waals surface area contributed by atoms with E-state index in [9.17, 15) is 9.59 Å². The van der Waals surface area contributed by atoms with Gasteiger partial charge in [-0.15, -0.1) is 0 Å². The number of fused-ring (bicyclic) bond motifs is 1. The van der Waals surface area contributed by atoms with Crippen molar-refractivity contribution in [2.24, 2.45) is 9.98 Å². The molecule has 0 fully saturated rings. The van der Waals surface area contributed by atoms with E-state index in [2.05, 4.69) is 41.4 Å². The number of carbonyl (C=O) groups is 2. The predicted octanol–water partition coefficient (Wildman–Crippen LogP) is 5.80. The van der Waals surface area contributed by atoms with Gasteiger partial charge in [-0.3, -0.25) is 9.59 Å². The standard InChI is InChI=1S/C32H31BN4O2S/c1-33(22-23-14-6-3-7-15-23)37-27-21-13-12-20-26(27)28(24-16-8-4-9-17-24)34-29(31(37)39)35-32(40-2)36-30(38)25-18-10-5-11-19-25/h3-11,14-21,29H,12-13,22H2,1-2H3,(H,35,36,38). The van der Waals surface area contributed by atoms with E-state index >= 15 is 0 Å². The van der Waals surface area contributed by atoms with E-state index in [0.717, 1.165) is 41.0 Å². The molecule has 0 spiro atoms. The molecule has 200 valence electrons. The number of nitrogens with zero attached hydrogens (tertiary/aromatic N) is 3. The Balaban J connectivity index is 1.56. The summed E-state index contributed by atoms with van der Waals surface area (Å²) in [6, 6.07) is 29.0. The number of benzene rings is 3. The Kier molecular flexibility index (Phi) is 8.76. The Labute approximate surface area is 240 Å². The zero-order chi connectivity index (χ0) is 27.9. The fourth-order valence-electron chi connectivity index (χ4n) is 5.03. The second-order valence-electron chi connectivity index (χ2n) is 9.71. The highest BCUT2D eigenvalue weighted by atomic mass is 32.2. The SMILES string of the molecule is CS/C(=N\C(=O)c1ccccc1)NC1N=C(c2ccccc2)C2=CCCC=C2N(B(C)Cc2ccccc2)C1=O. The van der Waals surface area contributed by atoms with E-state index in [-0.39, 0.29) is 18.7 Å². The number of hydrogen-bond acceptors (Lipinski definition) is 4. The van der Waals surface area contributed by atoms with E-state index in [4.69, 9.17) is 4.99 Å². The molecule has 8 heteroatoms. The van der Waals surface area contributed by atoms with Crippen LogP contribution in [0.2, 0.25) is 6.82 Å². The zero-order valence-electron chi connectivity index (χ0n) is 22.7. The van der Waals surface area contributed by atoms with E-state index in [1.807, 2.05) is 65.7 Å². The molecule has 1 heterocycles. The molecule has 2 amide bonds. The molecule has 0 saturated heterocycles. The van der Waals surface area contributed by atoms with Gasteiger partial charge in [0.25, 0.3) is 18.7 Å². The third kappa shape index (κ3) is 6.18. The minimum atomic E-state index is -0.962. The number of nitrogens with one attached hydrogen (secondary N) is 1. The van der Waals surface area contributed by atoms with Crippen LogP contribution in [-0.4, -0.2) is 46.8 Å². The summed E-state index contributed by atoms with van der Waals surface area (Å²) in [6.45, 7) is 1.95. The Hall–Kier alpha value is -4.17. The van der Waals surface area contributed by atoms with Crippen molar-refractivity contribution in [2.45, 2.75) is 32.2 Å². The van der Waals surface area contributed by atoms with Crippen molar-refractivity contribution in [2.75, 3.05) is 6.26 Å². The van der Waals surface area contributed by atoms with Crippen molar-refractivity contribution >= 4 is 41.3 Å². The molecule has 1 atom stereocenters. The van der Waals surface area contributed by atoms with E-state index in [1.165, 1.54) is 11.8 Å². The first-order valence-electron chi connectivity index (χ1n) is 13.4. The average Bonchev–Trinajstić information content (AvgIpc) is 3.12. The van der Waals surface area contributed by atoms with Gasteiger partial charge >= 0.3 is 0 Å². The van der Waals surface area contributed by atoms with Crippen molar-refractivity contribution in [3.8, 4) is 0 Å². The molecule has 3 aromatic rings. The van der Waals surface area contributed by atoms with Gasteiger partial charge in [0.05, 0.1) is 5.71 Å². The molecule has 1 aliphatic carbocycles. The first kappa shape index (κ1) is 27.4. The zero-order valence-corrected chi connectivity index (χ0v) is 23.5. The second-order valence-corrected chi connectivity index (χ2v) is 10.5. The molecule has 0 radical (unpaired) electrons. The molecule has 0 saturated carbocycles. The van der Waals surface area contributed by atoms with Gasteiger partial charge in [-0.2, -0.15) is 4.99 Å². The van der Waals surface area contributed by atoms with Crippen LogP contribution in [-0.2, 0) is 11.1 Å². The molecular formula is C32H31BN4O2S. The predicted molar refractivity (Wildman–Crippen MR) is 166 cm³/mol. The summed E-state index contributed by atoms with van der Waals surface area (Å²) >= 11 is 1.28. The van der Waals surface area contributed by atoms with Gasteiger partial charge < -0.3 is 10.1 Å². The summed E-state index contributed by atoms with van der Waals surface area (Å²) < 4.78 is 0. The Morgan fingerprint density at radius 1 is 0.975 bits per heavy atom. The molecule has 40 heavy (non-hydrogen) atoms. The topological polar surface area (TPSA) is 74.1 Å². The van der Waals surface area contributed by atoms with Crippen LogP contribution in [0.25, 0.3) is 0 Å². The molecule has 1 aliphatic heterocycles. The lowest BCUT2D eigenvalue weighted by Gasteiger charge is -2.32. The molecule has 2 aliphatic rings. The minimum absolute atomic E-state index is 0.127. The maximum Gasteiger partial charge on any atom is 0.279 e. The van der Waals surface area contributed by atoms with Crippen molar-refractivity contribution < 1.29 is 9.59 Å². The highest BCUT2D eigenvalue weighted by Gasteiger charge is 2.38. The van der Waals surface area contributed by atoms with Gasteiger partial charge in [-0.1, -0.05) is 115 Å². The first-order valence-corrected chi connectivity index (χ1v) is 14.7. The summed E-state index contributed by atoms with van der Waals surface area (Å²) in [5, 5.41) is 3.55. The number of carbonyl (C=O) groups excluding carboxylic acids is 2. The molecule has 1 N–H and O–H groups in total. The smallest absolute Gasteiger partial charge is 0.279 e. The lowest BCUT2D eigenvalue weighted by atomic mass is 9.57. The molecule has 0 bridgehead atoms.